The van der Waals surface area contributed by atoms with Crippen LogP contribution >= 0.6 is 0 Å². The molecule has 2 amide bonds. The lowest BCUT2D eigenvalue weighted by molar-refractivity contribution is -0.241. The third kappa shape index (κ3) is 5.93. The van der Waals surface area contributed by atoms with Gasteiger partial charge in [-0.15, -0.1) is 0 Å². The second-order valence-electron chi connectivity index (χ2n) is 8.98. The molecule has 0 radical (unpaired) electrons. The fourth-order valence-electron chi connectivity index (χ4n) is 4.22. The zero-order valence-electron chi connectivity index (χ0n) is 20.8. The number of carbonyl (C=O) groups is 2. The van der Waals surface area contributed by atoms with Crippen molar-refractivity contribution in [2.24, 2.45) is 5.73 Å². The van der Waals surface area contributed by atoms with E-state index in [1.807, 2.05) is 11.9 Å². The monoisotopic (exact) mass is 548 g/mol. The summed E-state index contributed by atoms with van der Waals surface area (Å²) < 4.78 is 22.9. The summed E-state index contributed by atoms with van der Waals surface area (Å²) in [5.41, 5.74) is 5.34. The predicted molar refractivity (Wildman–Crippen MR) is 131 cm³/mol. The minimum absolute atomic E-state index is 0.407. The topological polar surface area (TPSA) is 225 Å². The number of hydrogen-bond acceptors (Lipinski definition) is 11. The van der Waals surface area contributed by atoms with E-state index in [1.165, 1.54) is 7.11 Å². The molecule has 3 heterocycles. The Bertz CT molecular complexity index is 1350. The number of aliphatic hydroxyl groups excluding tert-OH is 3. The predicted octanol–water partition coefficient (Wildman–Crippen LogP) is -2.41. The molecule has 15 nitrogen and oxygen atoms in total. The number of aliphatic hydroxyl groups is 3. The van der Waals surface area contributed by atoms with Crippen molar-refractivity contribution in [1.29, 1.82) is 0 Å². The van der Waals surface area contributed by atoms with Gasteiger partial charge in [-0.05, 0) is 25.1 Å². The van der Waals surface area contributed by atoms with Crippen LogP contribution in [0, 0.1) is 6.92 Å². The van der Waals surface area contributed by atoms with Gasteiger partial charge in [-0.2, -0.15) is 0 Å². The molecule has 1 fully saturated rings. The summed E-state index contributed by atoms with van der Waals surface area (Å²) in [5, 5.41) is 34.1. The number of nitrogens with two attached hydrogens (primary N) is 1. The number of methoxy groups -OCH3 is 1. The molecule has 1 aromatic heterocycles. The standard InChI is InChI=1S/C24H28N4O11/c1-10-3-5-11(6-4-10)26-21(34)13-9-12(29)15(31)23(37-13)39-19(20(25)33)18-17(36-2)16(32)22(38-18)28-8-7-14(30)27-24(28)35/h3-9,12,15-19,22-23,29,31-32H,1-2H3,(H2,25,33)(H,26,34)(H,27,30,35)/t12-,15-,16+,17-,18-,19+,22+,23+/m0/s1. The van der Waals surface area contributed by atoms with Crippen molar-refractivity contribution in [3.05, 3.63) is 74.8 Å². The lowest BCUT2D eigenvalue weighted by atomic mass is 10.0. The maximum atomic E-state index is 12.7. The number of aromatic amines is 1. The highest BCUT2D eigenvalue weighted by molar-refractivity contribution is 6.02. The molecule has 2 aliphatic rings. The maximum absolute atomic E-state index is 12.7. The molecular weight excluding hydrogens is 520 g/mol. The average molecular weight is 549 g/mol. The van der Waals surface area contributed by atoms with Gasteiger partial charge in [0.1, 0.15) is 30.5 Å². The molecule has 8 atom stereocenters. The number of aromatic nitrogens is 2. The number of nitrogens with zero attached hydrogens (tertiary/aromatic N) is 1. The number of nitrogens with one attached hydrogen (secondary N) is 2. The number of benzene rings is 1. The summed E-state index contributed by atoms with van der Waals surface area (Å²) in [6.45, 7) is 1.87. The Morgan fingerprint density at radius 2 is 1.82 bits per heavy atom. The minimum atomic E-state index is -1.78. The van der Waals surface area contributed by atoms with Gasteiger partial charge in [-0.1, -0.05) is 17.7 Å². The lowest BCUT2D eigenvalue weighted by Crippen LogP contribution is -2.53. The largest absolute Gasteiger partial charge is 0.456 e. The normalized spacial score (nSPS) is 29.3. The summed E-state index contributed by atoms with van der Waals surface area (Å²) in [6.07, 6.45) is -10.6. The van der Waals surface area contributed by atoms with Crippen LogP contribution in [0.2, 0.25) is 0 Å². The number of H-pyrrole nitrogens is 1. The Labute approximate surface area is 220 Å². The summed E-state index contributed by atoms with van der Waals surface area (Å²) in [6, 6.07) is 7.86. The maximum Gasteiger partial charge on any atom is 0.330 e. The van der Waals surface area contributed by atoms with Crippen LogP contribution in [0.4, 0.5) is 5.69 Å². The Morgan fingerprint density at radius 3 is 2.44 bits per heavy atom. The zero-order valence-corrected chi connectivity index (χ0v) is 20.8. The minimum Gasteiger partial charge on any atom is -0.456 e. The molecule has 4 rings (SSSR count). The molecule has 7 N–H and O–H groups in total. The van der Waals surface area contributed by atoms with E-state index in [-0.39, 0.29) is 0 Å². The molecule has 210 valence electrons. The van der Waals surface area contributed by atoms with E-state index in [0.29, 0.717) is 5.69 Å². The molecule has 2 aliphatic heterocycles. The molecule has 39 heavy (non-hydrogen) atoms. The fraction of sp³-hybridized carbons (Fsp3) is 0.417. The van der Waals surface area contributed by atoms with Gasteiger partial charge in [0.15, 0.2) is 18.1 Å². The Morgan fingerprint density at radius 1 is 1.13 bits per heavy atom. The van der Waals surface area contributed by atoms with Crippen molar-refractivity contribution < 1.29 is 43.9 Å². The summed E-state index contributed by atoms with van der Waals surface area (Å²) in [5.74, 6) is -2.31. The third-order valence-electron chi connectivity index (χ3n) is 6.23. The number of hydrogen-bond donors (Lipinski definition) is 6. The fourth-order valence-corrected chi connectivity index (χ4v) is 4.22. The molecular formula is C24H28N4O11. The van der Waals surface area contributed by atoms with E-state index in [4.69, 9.17) is 24.7 Å². The Hall–Kier alpha value is -3.86. The second kappa shape index (κ2) is 11.5. The van der Waals surface area contributed by atoms with Crippen LogP contribution in [0.15, 0.2) is 58.0 Å². The van der Waals surface area contributed by atoms with E-state index >= 15 is 0 Å². The van der Waals surface area contributed by atoms with Crippen LogP contribution in [-0.4, -0.2) is 86.7 Å². The van der Waals surface area contributed by atoms with Crippen LogP contribution in [0.5, 0.6) is 0 Å². The van der Waals surface area contributed by atoms with Crippen molar-refractivity contribution in [2.75, 3.05) is 12.4 Å². The average Bonchev–Trinajstić information content (AvgIpc) is 3.21. The summed E-state index contributed by atoms with van der Waals surface area (Å²) in [7, 11) is 1.20. The molecule has 0 aliphatic carbocycles. The van der Waals surface area contributed by atoms with E-state index in [0.717, 1.165) is 28.5 Å². The van der Waals surface area contributed by atoms with Crippen LogP contribution in [-0.2, 0) is 28.5 Å². The first-order chi connectivity index (χ1) is 18.5. The highest BCUT2D eigenvalue weighted by Gasteiger charge is 2.52. The van der Waals surface area contributed by atoms with Crippen LogP contribution in [0.25, 0.3) is 0 Å². The molecule has 15 heteroatoms. The Kier molecular flexibility index (Phi) is 8.29. The van der Waals surface area contributed by atoms with Crippen LogP contribution in [0.1, 0.15) is 11.8 Å². The number of carbonyl (C=O) groups excluding carboxylic acids is 2. The van der Waals surface area contributed by atoms with E-state index in [2.05, 4.69) is 5.32 Å². The van der Waals surface area contributed by atoms with Crippen molar-refractivity contribution in [2.45, 2.75) is 56.1 Å². The number of primary amides is 1. The van der Waals surface area contributed by atoms with Gasteiger partial charge in [0.2, 0.25) is 12.2 Å². The first-order valence-corrected chi connectivity index (χ1v) is 11.8. The van der Waals surface area contributed by atoms with Crippen LogP contribution < -0.4 is 22.3 Å². The second-order valence-corrected chi connectivity index (χ2v) is 8.98. The van der Waals surface area contributed by atoms with Crippen molar-refractivity contribution in [3.63, 3.8) is 0 Å². The number of amides is 2. The number of anilines is 1. The summed E-state index contributed by atoms with van der Waals surface area (Å²) in [4.78, 5) is 50.9. The third-order valence-corrected chi connectivity index (χ3v) is 6.23. The molecule has 2 aromatic rings. The van der Waals surface area contributed by atoms with E-state index in [9.17, 15) is 34.5 Å². The summed E-state index contributed by atoms with van der Waals surface area (Å²) >= 11 is 0. The van der Waals surface area contributed by atoms with Crippen molar-refractivity contribution >= 4 is 17.5 Å². The zero-order chi connectivity index (χ0) is 28.4. The molecule has 0 spiro atoms. The smallest absolute Gasteiger partial charge is 0.330 e. The molecule has 0 saturated carbocycles. The lowest BCUT2D eigenvalue weighted by Gasteiger charge is -2.35. The van der Waals surface area contributed by atoms with Crippen molar-refractivity contribution in [3.8, 4) is 0 Å². The SMILES string of the molecule is CO[C@H]1[C@@H](O)[C@H](n2ccc(=O)[nH]c2=O)O[C@@H]1[C@@H](O[C@H]1OC(C(=O)Nc2ccc(C)cc2)=C[C@H](O)[C@@H]1O)C(N)=O. The molecule has 0 bridgehead atoms. The van der Waals surface area contributed by atoms with E-state index < -0.39 is 78.0 Å². The highest BCUT2D eigenvalue weighted by Crippen LogP contribution is 2.34. The number of rotatable bonds is 8. The van der Waals surface area contributed by atoms with Gasteiger partial charge < -0.3 is 45.3 Å². The van der Waals surface area contributed by atoms with Gasteiger partial charge in [0, 0.05) is 25.1 Å². The molecule has 0 unspecified atom stereocenters. The van der Waals surface area contributed by atoms with Gasteiger partial charge >= 0.3 is 5.69 Å². The quantitative estimate of drug-likeness (QED) is 0.204. The molecule has 1 saturated heterocycles. The van der Waals surface area contributed by atoms with Gasteiger partial charge in [-0.25, -0.2) is 4.79 Å². The molecule has 1 aromatic carbocycles. The van der Waals surface area contributed by atoms with Gasteiger partial charge in [-0.3, -0.25) is 23.9 Å². The number of aryl methyl sites for hydroxylation is 1. The Balaban J connectivity index is 1.54. The van der Waals surface area contributed by atoms with E-state index in [1.54, 1.807) is 24.3 Å². The highest BCUT2D eigenvalue weighted by atomic mass is 16.7. The van der Waals surface area contributed by atoms with Gasteiger partial charge in [0.25, 0.3) is 11.5 Å². The van der Waals surface area contributed by atoms with Crippen molar-refractivity contribution in [1.82, 2.24) is 9.55 Å². The van der Waals surface area contributed by atoms with Crippen LogP contribution in [0.3, 0.4) is 0 Å². The number of ether oxygens (including phenoxy) is 4. The first kappa shape index (κ1) is 28.2. The first-order valence-electron chi connectivity index (χ1n) is 11.8. The van der Waals surface area contributed by atoms with Gasteiger partial charge in [0.05, 0.1) is 0 Å².